The summed E-state index contributed by atoms with van der Waals surface area (Å²) in [6.07, 6.45) is 2.28. The van der Waals surface area contributed by atoms with Gasteiger partial charge < -0.3 is 5.32 Å². The van der Waals surface area contributed by atoms with Crippen molar-refractivity contribution in [1.82, 2.24) is 5.32 Å². The molecule has 0 radical (unpaired) electrons. The molecule has 21 heavy (non-hydrogen) atoms. The summed E-state index contributed by atoms with van der Waals surface area (Å²) < 4.78 is 0. The van der Waals surface area contributed by atoms with Crippen LogP contribution in [-0.2, 0) is 0 Å². The summed E-state index contributed by atoms with van der Waals surface area (Å²) in [5, 5.41) is 4.54. The first-order valence-corrected chi connectivity index (χ1v) is 8.06. The predicted molar refractivity (Wildman–Crippen MR) is 91.8 cm³/mol. The maximum absolute atomic E-state index is 5.99. The summed E-state index contributed by atoms with van der Waals surface area (Å²) in [6.45, 7) is 6.57. The highest BCUT2D eigenvalue weighted by atomic mass is 35.5. The van der Waals surface area contributed by atoms with E-state index in [4.69, 9.17) is 11.6 Å². The molecule has 2 heteroatoms. The Morgan fingerprint density at radius 2 is 1.52 bits per heavy atom. The van der Waals surface area contributed by atoms with E-state index in [2.05, 4.69) is 62.5 Å². The first-order valence-electron chi connectivity index (χ1n) is 7.68. The molecule has 0 aliphatic rings. The highest BCUT2D eigenvalue weighted by Gasteiger charge is 2.14. The zero-order valence-electron chi connectivity index (χ0n) is 13.1. The van der Waals surface area contributed by atoms with E-state index in [1.165, 1.54) is 16.7 Å². The van der Waals surface area contributed by atoms with Crippen molar-refractivity contribution in [2.45, 2.75) is 45.7 Å². The van der Waals surface area contributed by atoms with Crippen LogP contribution in [0.15, 0.2) is 48.5 Å². The summed E-state index contributed by atoms with van der Waals surface area (Å²) in [6, 6.07) is 17.6. The van der Waals surface area contributed by atoms with Crippen LogP contribution >= 0.6 is 11.6 Å². The largest absolute Gasteiger partial charge is 0.303 e. The molecule has 1 nitrogen and oxygen atoms in total. The number of hydrogen-bond acceptors (Lipinski definition) is 1. The topological polar surface area (TPSA) is 12.0 Å². The van der Waals surface area contributed by atoms with Crippen LogP contribution in [0.1, 0.15) is 55.5 Å². The molecule has 2 unspecified atom stereocenters. The van der Waals surface area contributed by atoms with Gasteiger partial charge in [-0.1, -0.05) is 66.9 Å². The molecule has 0 aliphatic heterocycles. The van der Waals surface area contributed by atoms with Crippen LogP contribution in [0.4, 0.5) is 0 Å². The lowest BCUT2D eigenvalue weighted by Crippen LogP contribution is -2.24. The summed E-state index contributed by atoms with van der Waals surface area (Å²) in [5.41, 5.74) is 3.93. The fraction of sp³-hybridized carbons (Fsp3) is 0.368. The third-order valence-corrected chi connectivity index (χ3v) is 4.13. The molecule has 2 aromatic carbocycles. The van der Waals surface area contributed by atoms with E-state index < -0.39 is 0 Å². The lowest BCUT2D eigenvalue weighted by molar-refractivity contribution is 0.439. The van der Waals surface area contributed by atoms with E-state index in [9.17, 15) is 0 Å². The van der Waals surface area contributed by atoms with Crippen molar-refractivity contribution in [3.05, 3.63) is 70.2 Å². The molecule has 0 heterocycles. The first-order chi connectivity index (χ1) is 10.1. The van der Waals surface area contributed by atoms with Crippen molar-refractivity contribution >= 4 is 11.6 Å². The molecule has 0 aliphatic carbocycles. The molecule has 0 aromatic heterocycles. The monoisotopic (exact) mass is 301 g/mol. The van der Waals surface area contributed by atoms with Gasteiger partial charge in [0.15, 0.2) is 0 Å². The Morgan fingerprint density at radius 3 is 2.10 bits per heavy atom. The average molecular weight is 302 g/mol. The van der Waals surface area contributed by atoms with Gasteiger partial charge in [0.25, 0.3) is 0 Å². The molecular weight excluding hydrogens is 278 g/mol. The molecule has 112 valence electrons. The average Bonchev–Trinajstić information content (AvgIpc) is 2.48. The SMILES string of the molecule is CCCC(NC(C)c1ccc(C)cc1)c1ccc(Cl)cc1. The van der Waals surface area contributed by atoms with Crippen LogP contribution < -0.4 is 5.32 Å². The lowest BCUT2D eigenvalue weighted by atomic mass is 9.99. The third kappa shape index (κ3) is 4.59. The van der Waals surface area contributed by atoms with Gasteiger partial charge in [0.05, 0.1) is 0 Å². The zero-order valence-corrected chi connectivity index (χ0v) is 13.8. The van der Waals surface area contributed by atoms with E-state index in [1.54, 1.807) is 0 Å². The fourth-order valence-electron chi connectivity index (χ4n) is 2.58. The van der Waals surface area contributed by atoms with Crippen molar-refractivity contribution in [2.24, 2.45) is 0 Å². The van der Waals surface area contributed by atoms with E-state index in [-0.39, 0.29) is 0 Å². The van der Waals surface area contributed by atoms with Gasteiger partial charge in [-0.25, -0.2) is 0 Å². The van der Waals surface area contributed by atoms with Crippen molar-refractivity contribution < 1.29 is 0 Å². The van der Waals surface area contributed by atoms with E-state index >= 15 is 0 Å². The Hall–Kier alpha value is -1.31. The molecular formula is C19H24ClN. The lowest BCUT2D eigenvalue weighted by Gasteiger charge is -2.24. The van der Waals surface area contributed by atoms with Gasteiger partial charge in [0.1, 0.15) is 0 Å². The second-order valence-electron chi connectivity index (χ2n) is 5.69. The fourth-order valence-corrected chi connectivity index (χ4v) is 2.71. The second-order valence-corrected chi connectivity index (χ2v) is 6.13. The Kier molecular flexibility index (Phi) is 5.84. The molecule has 2 rings (SSSR count). The zero-order chi connectivity index (χ0) is 15.2. The summed E-state index contributed by atoms with van der Waals surface area (Å²) in [5.74, 6) is 0. The predicted octanol–water partition coefficient (Wildman–Crippen LogP) is 5.84. The van der Waals surface area contributed by atoms with Gasteiger partial charge in [-0.2, -0.15) is 0 Å². The summed E-state index contributed by atoms with van der Waals surface area (Å²) in [4.78, 5) is 0. The molecule has 2 aromatic rings. The van der Waals surface area contributed by atoms with E-state index in [1.807, 2.05) is 12.1 Å². The summed E-state index contributed by atoms with van der Waals surface area (Å²) in [7, 11) is 0. The van der Waals surface area contributed by atoms with Crippen LogP contribution in [0.2, 0.25) is 5.02 Å². The van der Waals surface area contributed by atoms with Crippen molar-refractivity contribution in [3.63, 3.8) is 0 Å². The maximum Gasteiger partial charge on any atom is 0.0406 e. The van der Waals surface area contributed by atoms with Gasteiger partial charge in [-0.15, -0.1) is 0 Å². The highest BCUT2D eigenvalue weighted by Crippen LogP contribution is 2.24. The highest BCUT2D eigenvalue weighted by molar-refractivity contribution is 6.30. The van der Waals surface area contributed by atoms with Crippen LogP contribution in [-0.4, -0.2) is 0 Å². The minimum atomic E-state index is 0.331. The van der Waals surface area contributed by atoms with Crippen LogP contribution in [0, 0.1) is 6.92 Å². The molecule has 0 spiro atoms. The third-order valence-electron chi connectivity index (χ3n) is 3.88. The number of rotatable bonds is 6. The maximum atomic E-state index is 5.99. The number of nitrogens with one attached hydrogen (secondary N) is 1. The second kappa shape index (κ2) is 7.63. The van der Waals surface area contributed by atoms with Gasteiger partial charge in [-0.05, 0) is 43.5 Å². The van der Waals surface area contributed by atoms with Crippen LogP contribution in [0.3, 0.4) is 0 Å². The minimum absolute atomic E-state index is 0.331. The summed E-state index contributed by atoms with van der Waals surface area (Å²) >= 11 is 5.99. The van der Waals surface area contributed by atoms with Gasteiger partial charge >= 0.3 is 0 Å². The molecule has 0 saturated heterocycles. The number of aryl methyl sites for hydroxylation is 1. The van der Waals surface area contributed by atoms with Crippen LogP contribution in [0.5, 0.6) is 0 Å². The van der Waals surface area contributed by atoms with Gasteiger partial charge in [0.2, 0.25) is 0 Å². The van der Waals surface area contributed by atoms with Crippen molar-refractivity contribution in [2.75, 3.05) is 0 Å². The number of hydrogen-bond donors (Lipinski definition) is 1. The molecule has 0 amide bonds. The number of halogens is 1. The normalized spacial score (nSPS) is 13.9. The Balaban J connectivity index is 2.11. The van der Waals surface area contributed by atoms with E-state index in [0.717, 1.165) is 17.9 Å². The smallest absolute Gasteiger partial charge is 0.0406 e. The first kappa shape index (κ1) is 16.1. The Bertz CT molecular complexity index is 545. The Labute approximate surface area is 133 Å². The van der Waals surface area contributed by atoms with Gasteiger partial charge in [0, 0.05) is 17.1 Å². The van der Waals surface area contributed by atoms with Crippen molar-refractivity contribution in [3.8, 4) is 0 Å². The Morgan fingerprint density at radius 1 is 0.952 bits per heavy atom. The molecule has 2 atom stereocenters. The van der Waals surface area contributed by atoms with E-state index in [0.29, 0.717) is 12.1 Å². The van der Waals surface area contributed by atoms with Crippen molar-refractivity contribution in [1.29, 1.82) is 0 Å². The molecule has 0 fully saturated rings. The quantitative estimate of drug-likeness (QED) is 0.706. The molecule has 1 N–H and O–H groups in total. The van der Waals surface area contributed by atoms with Gasteiger partial charge in [-0.3, -0.25) is 0 Å². The minimum Gasteiger partial charge on any atom is -0.303 e. The number of benzene rings is 2. The standard InChI is InChI=1S/C19H24ClN/c1-4-5-19(17-10-12-18(20)13-11-17)21-15(3)16-8-6-14(2)7-9-16/h6-13,15,19,21H,4-5H2,1-3H3. The molecule has 0 bridgehead atoms. The molecule has 0 saturated carbocycles. The van der Waals surface area contributed by atoms with Crippen LogP contribution in [0.25, 0.3) is 0 Å².